The zero-order valence-electron chi connectivity index (χ0n) is 9.24. The standard InChI is InChI=1S/C9H18N2OS2/c1-9(2,3)11-6-5-10(14(4)13)7-8(11)12/h5-7H2,1-4H3. The summed E-state index contributed by atoms with van der Waals surface area (Å²) in [5.74, 6) is 0.202. The van der Waals surface area contributed by atoms with E-state index in [-0.39, 0.29) is 21.1 Å². The number of carbonyl (C=O) groups is 1. The van der Waals surface area contributed by atoms with E-state index in [1.54, 1.807) is 0 Å². The van der Waals surface area contributed by atoms with Gasteiger partial charge in [-0.1, -0.05) is 9.64 Å². The first kappa shape index (κ1) is 12.1. The molecule has 14 heavy (non-hydrogen) atoms. The second-order valence-corrected chi connectivity index (χ2v) is 7.31. The lowest BCUT2D eigenvalue weighted by molar-refractivity contribution is -0.139. The molecule has 1 rings (SSSR count). The molecule has 0 aromatic carbocycles. The molecule has 1 fully saturated rings. The molecule has 0 bridgehead atoms. The lowest BCUT2D eigenvalue weighted by Crippen LogP contribution is -2.56. The predicted octanol–water partition coefficient (Wildman–Crippen LogP) is 0.554. The van der Waals surface area contributed by atoms with E-state index in [2.05, 4.69) is 25.1 Å². The van der Waals surface area contributed by atoms with Crippen molar-refractivity contribution in [3.8, 4) is 0 Å². The van der Waals surface area contributed by atoms with Crippen molar-refractivity contribution in [2.24, 2.45) is 0 Å². The van der Waals surface area contributed by atoms with Gasteiger partial charge in [0, 0.05) is 24.9 Å². The summed E-state index contributed by atoms with van der Waals surface area (Å²) in [6.07, 6.45) is 1.98. The van der Waals surface area contributed by atoms with E-state index in [9.17, 15) is 4.79 Å². The lowest BCUT2D eigenvalue weighted by atomic mass is 10.1. The summed E-state index contributed by atoms with van der Waals surface area (Å²) in [6.45, 7) is 8.41. The van der Waals surface area contributed by atoms with Gasteiger partial charge >= 0.3 is 0 Å². The van der Waals surface area contributed by atoms with Crippen molar-refractivity contribution in [2.45, 2.75) is 26.3 Å². The molecule has 1 saturated heterocycles. The number of hydrogen-bond donors (Lipinski definition) is 0. The molecule has 1 heterocycles. The molecule has 3 nitrogen and oxygen atoms in total. The molecule has 0 aromatic rings. The molecule has 0 radical (unpaired) electrons. The number of amides is 1. The Balaban J connectivity index is 2.66. The van der Waals surface area contributed by atoms with Crippen LogP contribution in [0.5, 0.6) is 0 Å². The van der Waals surface area contributed by atoms with Crippen LogP contribution < -0.4 is 0 Å². The fraction of sp³-hybridized carbons (Fsp3) is 0.889. The number of hydrogen-bond acceptors (Lipinski definition) is 2. The maximum atomic E-state index is 11.8. The molecule has 82 valence electrons. The van der Waals surface area contributed by atoms with Crippen LogP contribution in [0.4, 0.5) is 0 Å². The van der Waals surface area contributed by atoms with E-state index in [4.69, 9.17) is 11.2 Å². The van der Waals surface area contributed by atoms with Crippen LogP contribution in [0.25, 0.3) is 0 Å². The summed E-state index contributed by atoms with van der Waals surface area (Å²) in [5.41, 5.74) is -0.0586. The van der Waals surface area contributed by atoms with Crippen LogP contribution in [0.15, 0.2) is 0 Å². The average Bonchev–Trinajstić information content (AvgIpc) is 2.01. The summed E-state index contributed by atoms with van der Waals surface area (Å²) in [6, 6.07) is 0. The molecule has 0 N–H and O–H groups in total. The predicted molar refractivity (Wildman–Crippen MR) is 63.7 cm³/mol. The molecule has 0 aromatic heterocycles. The van der Waals surface area contributed by atoms with Gasteiger partial charge < -0.3 is 4.90 Å². The summed E-state index contributed by atoms with van der Waals surface area (Å²) in [4.78, 5) is 13.7. The molecule has 1 amide bonds. The third-order valence-electron chi connectivity index (χ3n) is 2.36. The minimum Gasteiger partial charge on any atom is -0.335 e. The lowest BCUT2D eigenvalue weighted by Gasteiger charge is -2.41. The number of carbonyl (C=O) groups excluding carboxylic acids is 1. The van der Waals surface area contributed by atoms with E-state index < -0.39 is 0 Å². The Hall–Kier alpha value is -0.000000000000000111. The van der Waals surface area contributed by atoms with Crippen molar-refractivity contribution in [2.75, 3.05) is 25.9 Å². The molecule has 0 saturated carbocycles. The van der Waals surface area contributed by atoms with Crippen LogP contribution in [0.2, 0.25) is 0 Å². The Labute approximate surface area is 93.2 Å². The maximum absolute atomic E-state index is 11.8. The topological polar surface area (TPSA) is 23.6 Å². The molecule has 1 atom stereocenters. The summed E-state index contributed by atoms with van der Waals surface area (Å²) in [5, 5.41) is 0. The highest BCUT2D eigenvalue weighted by Gasteiger charge is 2.31. The third kappa shape index (κ3) is 2.74. The van der Waals surface area contributed by atoms with Crippen LogP contribution in [-0.4, -0.2) is 46.5 Å². The van der Waals surface area contributed by atoms with Gasteiger partial charge in [-0.05, 0) is 32.0 Å². The fourth-order valence-corrected chi connectivity index (χ4v) is 2.59. The summed E-state index contributed by atoms with van der Waals surface area (Å²) >= 11 is 5.17. The minimum atomic E-state index is -0.195. The number of rotatable bonds is 1. The molecule has 5 heteroatoms. The molecular weight excluding hydrogens is 216 g/mol. The highest BCUT2D eigenvalue weighted by atomic mass is 32.8. The second-order valence-electron chi connectivity index (χ2n) is 4.50. The van der Waals surface area contributed by atoms with Crippen LogP contribution in [-0.2, 0) is 25.6 Å². The molecular formula is C9H18N2OS2. The van der Waals surface area contributed by atoms with E-state index in [0.29, 0.717) is 6.54 Å². The largest absolute Gasteiger partial charge is 0.335 e. The highest BCUT2D eigenvalue weighted by Crippen LogP contribution is 2.17. The van der Waals surface area contributed by atoms with Gasteiger partial charge in [0.15, 0.2) is 0 Å². The monoisotopic (exact) mass is 234 g/mol. The Morgan fingerprint density at radius 1 is 1.36 bits per heavy atom. The van der Waals surface area contributed by atoms with E-state index >= 15 is 0 Å². The SMILES string of the molecule is CS(=S)N1CCN(C(C)(C)C)C(=O)C1. The second kappa shape index (κ2) is 4.24. The van der Waals surface area contributed by atoms with Crippen molar-refractivity contribution in [1.29, 1.82) is 0 Å². The van der Waals surface area contributed by atoms with E-state index in [0.717, 1.165) is 13.1 Å². The van der Waals surface area contributed by atoms with Gasteiger partial charge in [-0.3, -0.25) is 4.79 Å². The van der Waals surface area contributed by atoms with Gasteiger partial charge in [-0.25, -0.2) is 4.31 Å². The molecule has 1 unspecified atom stereocenters. The van der Waals surface area contributed by atoms with Gasteiger partial charge in [0.2, 0.25) is 5.91 Å². The third-order valence-corrected chi connectivity index (χ3v) is 4.03. The van der Waals surface area contributed by atoms with Crippen LogP contribution in [0.3, 0.4) is 0 Å². The van der Waals surface area contributed by atoms with Gasteiger partial charge in [0.05, 0.1) is 6.54 Å². The maximum Gasteiger partial charge on any atom is 0.238 e. The van der Waals surface area contributed by atoms with E-state index in [1.165, 1.54) is 0 Å². The highest BCUT2D eigenvalue weighted by molar-refractivity contribution is 8.27. The first-order valence-corrected chi connectivity index (χ1v) is 7.23. The molecule has 1 aliphatic rings. The Morgan fingerprint density at radius 2 is 1.93 bits per heavy atom. The van der Waals surface area contributed by atoms with Crippen molar-refractivity contribution in [1.82, 2.24) is 9.21 Å². The smallest absolute Gasteiger partial charge is 0.238 e. The van der Waals surface area contributed by atoms with Crippen molar-refractivity contribution in [3.05, 3.63) is 0 Å². The average molecular weight is 234 g/mol. The fourth-order valence-electron chi connectivity index (χ4n) is 1.58. The van der Waals surface area contributed by atoms with Crippen LogP contribution in [0.1, 0.15) is 20.8 Å². The van der Waals surface area contributed by atoms with E-state index in [1.807, 2.05) is 11.2 Å². The van der Waals surface area contributed by atoms with Gasteiger partial charge in [-0.2, -0.15) is 0 Å². The van der Waals surface area contributed by atoms with Crippen LogP contribution in [0, 0.1) is 0 Å². The molecule has 1 aliphatic heterocycles. The first-order valence-electron chi connectivity index (χ1n) is 4.71. The van der Waals surface area contributed by atoms with Gasteiger partial charge in [-0.15, -0.1) is 0 Å². The molecule has 0 spiro atoms. The quantitative estimate of drug-likeness (QED) is 0.662. The van der Waals surface area contributed by atoms with Crippen LogP contribution >= 0.6 is 0 Å². The number of nitrogens with zero attached hydrogens (tertiary/aromatic N) is 2. The van der Waals surface area contributed by atoms with Gasteiger partial charge in [0.25, 0.3) is 0 Å². The van der Waals surface area contributed by atoms with Gasteiger partial charge in [0.1, 0.15) is 0 Å². The van der Waals surface area contributed by atoms with Crippen molar-refractivity contribution >= 4 is 26.7 Å². The first-order chi connectivity index (χ1) is 6.32. The normalized spacial score (nSPS) is 22.6. The Kier molecular flexibility index (Phi) is 3.66. The summed E-state index contributed by atoms with van der Waals surface area (Å²) < 4.78 is 2.07. The zero-order valence-corrected chi connectivity index (χ0v) is 10.9. The molecule has 0 aliphatic carbocycles. The van der Waals surface area contributed by atoms with Crippen molar-refractivity contribution < 1.29 is 4.79 Å². The zero-order chi connectivity index (χ0) is 10.9. The number of piperazine rings is 1. The minimum absolute atomic E-state index is 0.0586. The Bertz CT molecular complexity index is 260. The summed E-state index contributed by atoms with van der Waals surface area (Å²) in [7, 11) is -0.195. The Morgan fingerprint density at radius 3 is 2.29 bits per heavy atom. The van der Waals surface area contributed by atoms with Crippen molar-refractivity contribution in [3.63, 3.8) is 0 Å².